The Kier molecular flexibility index (Phi) is 3.06. The molecule has 4 unspecified atom stereocenters. The van der Waals surface area contributed by atoms with Gasteiger partial charge in [0.05, 0.1) is 25.7 Å². The molecule has 1 aliphatic heterocycles. The van der Waals surface area contributed by atoms with Crippen LogP contribution in [0.4, 0.5) is 0 Å². The largest absolute Gasteiger partial charge is 0.321 e. The van der Waals surface area contributed by atoms with Crippen molar-refractivity contribution < 1.29 is 4.48 Å². The third-order valence-corrected chi connectivity index (χ3v) is 4.93. The van der Waals surface area contributed by atoms with Crippen LogP contribution in [0.25, 0.3) is 0 Å². The van der Waals surface area contributed by atoms with Crippen molar-refractivity contribution in [2.24, 2.45) is 11.8 Å². The first kappa shape index (κ1) is 11.0. The normalized spacial score (nSPS) is 52.2. The third kappa shape index (κ3) is 1.63. The molecule has 1 saturated heterocycles. The van der Waals surface area contributed by atoms with Crippen LogP contribution in [0.5, 0.6) is 0 Å². The average Bonchev–Trinajstić information content (AvgIpc) is 2.12. The summed E-state index contributed by atoms with van der Waals surface area (Å²) in [4.78, 5) is 0. The van der Waals surface area contributed by atoms with Crippen molar-refractivity contribution in [2.75, 3.05) is 13.6 Å². The van der Waals surface area contributed by atoms with Gasteiger partial charge in [-0.25, -0.2) is 0 Å². The number of nitrogens with zero attached hydrogens (tertiary/aromatic N) is 1. The molecule has 78 valence electrons. The fourth-order valence-corrected chi connectivity index (χ4v) is 3.09. The first-order valence-electron chi connectivity index (χ1n) is 5.78. The number of piperidine rings is 1. The van der Waals surface area contributed by atoms with E-state index in [1.807, 2.05) is 0 Å². The second-order valence-corrected chi connectivity index (χ2v) is 5.33. The molecule has 0 radical (unpaired) electrons. The van der Waals surface area contributed by atoms with Crippen molar-refractivity contribution in [1.82, 2.24) is 0 Å². The van der Waals surface area contributed by atoms with Crippen LogP contribution in [0.2, 0.25) is 0 Å². The summed E-state index contributed by atoms with van der Waals surface area (Å²) in [6.45, 7) is 13.3. The summed E-state index contributed by atoms with van der Waals surface area (Å²) < 4.78 is 1.27. The van der Waals surface area contributed by atoms with Gasteiger partial charge >= 0.3 is 0 Å². The van der Waals surface area contributed by atoms with Gasteiger partial charge in [0.15, 0.2) is 0 Å². The van der Waals surface area contributed by atoms with Gasteiger partial charge < -0.3 is 4.48 Å². The van der Waals surface area contributed by atoms with Crippen LogP contribution in [0, 0.1) is 11.8 Å². The maximum absolute atomic E-state index is 2.43. The summed E-state index contributed by atoms with van der Waals surface area (Å²) in [6.07, 6.45) is 1.41. The molecule has 0 aromatic carbocycles. The molecule has 0 amide bonds. The molecule has 13 heavy (non-hydrogen) atoms. The zero-order chi connectivity index (χ0) is 10.2. The highest BCUT2D eigenvalue weighted by Crippen LogP contribution is 2.36. The average molecular weight is 184 g/mol. The molecular formula is C12H26N+. The van der Waals surface area contributed by atoms with Gasteiger partial charge in [-0.05, 0) is 27.2 Å². The topological polar surface area (TPSA) is 0 Å². The molecule has 1 rings (SSSR count). The van der Waals surface area contributed by atoms with Crippen LogP contribution < -0.4 is 0 Å². The lowest BCUT2D eigenvalue weighted by molar-refractivity contribution is -0.963. The molecular weight excluding hydrogens is 158 g/mol. The lowest BCUT2D eigenvalue weighted by Gasteiger charge is -2.53. The SMILES string of the molecule is CC[N+]1(C)C(C)C(C)CC(C)C1C. The molecule has 1 fully saturated rings. The van der Waals surface area contributed by atoms with Crippen molar-refractivity contribution >= 4 is 0 Å². The zero-order valence-corrected chi connectivity index (χ0v) is 10.2. The monoisotopic (exact) mass is 184 g/mol. The van der Waals surface area contributed by atoms with Crippen LogP contribution in [0.1, 0.15) is 41.0 Å². The molecule has 1 nitrogen and oxygen atoms in total. The van der Waals surface area contributed by atoms with E-state index in [1.165, 1.54) is 17.4 Å². The van der Waals surface area contributed by atoms with Crippen LogP contribution in [-0.2, 0) is 0 Å². The van der Waals surface area contributed by atoms with E-state index in [2.05, 4.69) is 41.7 Å². The van der Waals surface area contributed by atoms with E-state index in [0.717, 1.165) is 23.9 Å². The van der Waals surface area contributed by atoms with Crippen molar-refractivity contribution in [3.8, 4) is 0 Å². The van der Waals surface area contributed by atoms with E-state index in [9.17, 15) is 0 Å². The van der Waals surface area contributed by atoms with E-state index in [4.69, 9.17) is 0 Å². The Bertz CT molecular complexity index is 162. The standard InChI is InChI=1S/C12H26N/c1-7-13(6)11(4)9(2)8-10(3)12(13)5/h9-12H,7-8H2,1-6H3/q+1. The highest BCUT2D eigenvalue weighted by atomic mass is 15.4. The van der Waals surface area contributed by atoms with Gasteiger partial charge in [-0.15, -0.1) is 0 Å². The Balaban J connectivity index is 2.88. The predicted octanol–water partition coefficient (Wildman–Crippen LogP) is 2.91. The second-order valence-electron chi connectivity index (χ2n) is 5.33. The van der Waals surface area contributed by atoms with E-state index < -0.39 is 0 Å². The lowest BCUT2D eigenvalue weighted by Crippen LogP contribution is -2.63. The van der Waals surface area contributed by atoms with E-state index in [-0.39, 0.29) is 0 Å². The first-order chi connectivity index (χ1) is 5.93. The van der Waals surface area contributed by atoms with Gasteiger partial charge in [0.1, 0.15) is 0 Å². The summed E-state index contributed by atoms with van der Waals surface area (Å²) in [5.74, 6) is 1.77. The van der Waals surface area contributed by atoms with E-state index in [1.54, 1.807) is 0 Å². The van der Waals surface area contributed by atoms with Gasteiger partial charge in [0.2, 0.25) is 0 Å². The molecule has 0 aliphatic carbocycles. The van der Waals surface area contributed by atoms with Crippen LogP contribution in [0.3, 0.4) is 0 Å². The van der Waals surface area contributed by atoms with Crippen molar-refractivity contribution in [2.45, 2.75) is 53.1 Å². The number of quaternary nitrogens is 1. The minimum Gasteiger partial charge on any atom is -0.321 e. The van der Waals surface area contributed by atoms with Crippen molar-refractivity contribution in [3.05, 3.63) is 0 Å². The van der Waals surface area contributed by atoms with Crippen LogP contribution in [-0.4, -0.2) is 30.2 Å². The lowest BCUT2D eigenvalue weighted by atomic mass is 9.79. The number of hydrogen-bond donors (Lipinski definition) is 0. The number of rotatable bonds is 1. The summed E-state index contributed by atoms with van der Waals surface area (Å²) in [5.41, 5.74) is 0. The van der Waals surface area contributed by atoms with Gasteiger partial charge in [-0.2, -0.15) is 0 Å². The first-order valence-corrected chi connectivity index (χ1v) is 5.78. The summed E-state index contributed by atoms with van der Waals surface area (Å²) in [5, 5.41) is 0. The van der Waals surface area contributed by atoms with Gasteiger partial charge in [-0.1, -0.05) is 13.8 Å². The van der Waals surface area contributed by atoms with Gasteiger partial charge in [0, 0.05) is 11.8 Å². The molecule has 0 aromatic heterocycles. The quantitative estimate of drug-likeness (QED) is 0.550. The molecule has 1 heteroatoms. The highest BCUT2D eigenvalue weighted by molar-refractivity contribution is 4.77. The second kappa shape index (κ2) is 3.61. The Labute approximate surface area is 83.7 Å². The Hall–Kier alpha value is -0.0400. The predicted molar refractivity (Wildman–Crippen MR) is 58.6 cm³/mol. The maximum atomic E-state index is 2.43. The molecule has 4 atom stereocenters. The van der Waals surface area contributed by atoms with Gasteiger partial charge in [-0.3, -0.25) is 0 Å². The smallest absolute Gasteiger partial charge is 0.0887 e. The minimum absolute atomic E-state index is 0.830. The van der Waals surface area contributed by atoms with Crippen LogP contribution in [0.15, 0.2) is 0 Å². The fourth-order valence-electron chi connectivity index (χ4n) is 3.09. The van der Waals surface area contributed by atoms with Crippen molar-refractivity contribution in [3.63, 3.8) is 0 Å². The molecule has 0 saturated carbocycles. The Morgan fingerprint density at radius 1 is 1.00 bits per heavy atom. The molecule has 1 aliphatic rings. The Morgan fingerprint density at radius 3 is 1.69 bits per heavy atom. The van der Waals surface area contributed by atoms with Crippen molar-refractivity contribution in [1.29, 1.82) is 0 Å². The van der Waals surface area contributed by atoms with E-state index >= 15 is 0 Å². The minimum atomic E-state index is 0.830. The molecule has 1 heterocycles. The summed E-state index contributed by atoms with van der Waals surface area (Å²) >= 11 is 0. The fraction of sp³-hybridized carbons (Fsp3) is 1.00. The molecule has 0 spiro atoms. The summed E-state index contributed by atoms with van der Waals surface area (Å²) in [6, 6.07) is 1.66. The van der Waals surface area contributed by atoms with Crippen LogP contribution >= 0.6 is 0 Å². The maximum Gasteiger partial charge on any atom is 0.0887 e. The zero-order valence-electron chi connectivity index (χ0n) is 10.2. The molecule has 0 aromatic rings. The number of hydrogen-bond acceptors (Lipinski definition) is 0. The molecule has 0 bridgehead atoms. The summed E-state index contributed by atoms with van der Waals surface area (Å²) in [7, 11) is 2.43. The number of likely N-dealkylation sites (tertiary alicyclic amines) is 1. The Morgan fingerprint density at radius 2 is 1.38 bits per heavy atom. The highest BCUT2D eigenvalue weighted by Gasteiger charge is 2.44. The van der Waals surface area contributed by atoms with Gasteiger partial charge in [0.25, 0.3) is 0 Å². The third-order valence-electron chi connectivity index (χ3n) is 4.93. The van der Waals surface area contributed by atoms with E-state index in [0.29, 0.717) is 0 Å². The molecule has 0 N–H and O–H groups in total.